The molecule has 1 amide bonds. The van der Waals surface area contributed by atoms with E-state index in [1.165, 1.54) is 12.8 Å². The van der Waals surface area contributed by atoms with Gasteiger partial charge < -0.3 is 15.0 Å². The molecule has 0 saturated carbocycles. The minimum absolute atomic E-state index is 0.0203. The summed E-state index contributed by atoms with van der Waals surface area (Å²) in [6.45, 7) is 6.55. The zero-order valence-electron chi connectivity index (χ0n) is 9.53. The molecule has 15 heavy (non-hydrogen) atoms. The smallest absolute Gasteiger partial charge is 0.410 e. The first-order valence-corrected chi connectivity index (χ1v) is 5.86. The molecule has 0 aliphatic carbocycles. The van der Waals surface area contributed by atoms with Gasteiger partial charge in [-0.2, -0.15) is 0 Å². The Kier molecular flexibility index (Phi) is 3.14. The third kappa shape index (κ3) is 2.43. The number of piperidine rings is 1. The maximum absolute atomic E-state index is 11.7. The molecule has 2 saturated heterocycles. The molecule has 1 N–H and O–H groups in total. The van der Waals surface area contributed by atoms with E-state index < -0.39 is 0 Å². The Balaban J connectivity index is 1.88. The summed E-state index contributed by atoms with van der Waals surface area (Å²) in [6, 6.07) is 0.499. The Labute approximate surface area is 91.0 Å². The van der Waals surface area contributed by atoms with E-state index in [1.807, 2.05) is 18.7 Å². The Bertz CT molecular complexity index is 229. The highest BCUT2D eigenvalue weighted by Crippen LogP contribution is 2.25. The van der Waals surface area contributed by atoms with Gasteiger partial charge in [-0.15, -0.1) is 0 Å². The van der Waals surface area contributed by atoms with Crippen LogP contribution in [0.15, 0.2) is 0 Å². The second kappa shape index (κ2) is 4.39. The minimum atomic E-state index is -0.152. The number of nitrogens with zero attached hydrogens (tertiary/aromatic N) is 1. The average Bonchev–Trinajstić information content (AvgIpc) is 2.59. The molecule has 2 heterocycles. The number of fused-ring (bicyclic) bond motifs is 1. The standard InChI is InChI=1S/C11H20N2O2/c1-8(2)15-11(14)13-6-9-4-3-5-12-10(9)7-13/h8-10,12H,3-7H2,1-2H3. The molecular weight excluding hydrogens is 192 g/mol. The quantitative estimate of drug-likeness (QED) is 0.710. The molecular formula is C11H20N2O2. The van der Waals surface area contributed by atoms with Crippen LogP contribution in [0, 0.1) is 5.92 Å². The summed E-state index contributed by atoms with van der Waals surface area (Å²) in [5, 5.41) is 3.47. The molecule has 86 valence electrons. The number of carbonyl (C=O) groups is 1. The molecule has 0 radical (unpaired) electrons. The van der Waals surface area contributed by atoms with Crippen molar-refractivity contribution in [3.63, 3.8) is 0 Å². The minimum Gasteiger partial charge on any atom is -0.447 e. The summed E-state index contributed by atoms with van der Waals surface area (Å²) >= 11 is 0. The molecule has 0 aromatic rings. The molecule has 0 aromatic carbocycles. The summed E-state index contributed by atoms with van der Waals surface area (Å²) < 4.78 is 5.20. The molecule has 0 aromatic heterocycles. The predicted octanol–water partition coefficient (Wildman–Crippen LogP) is 1.22. The lowest BCUT2D eigenvalue weighted by Gasteiger charge is -2.24. The molecule has 4 heteroatoms. The van der Waals surface area contributed by atoms with Gasteiger partial charge in [-0.1, -0.05) is 0 Å². The molecule has 2 unspecified atom stereocenters. The van der Waals surface area contributed by atoms with Gasteiger partial charge in [0.2, 0.25) is 0 Å². The molecule has 2 fully saturated rings. The third-order valence-electron chi connectivity index (χ3n) is 3.19. The SMILES string of the molecule is CC(C)OC(=O)N1CC2CCCNC2C1. The van der Waals surface area contributed by atoms with Crippen molar-refractivity contribution in [2.24, 2.45) is 5.92 Å². The van der Waals surface area contributed by atoms with Crippen LogP contribution in [-0.4, -0.2) is 42.8 Å². The first kappa shape index (κ1) is 10.7. The van der Waals surface area contributed by atoms with Gasteiger partial charge in [-0.3, -0.25) is 0 Å². The van der Waals surface area contributed by atoms with E-state index in [2.05, 4.69) is 5.32 Å². The van der Waals surface area contributed by atoms with E-state index >= 15 is 0 Å². The van der Waals surface area contributed by atoms with Crippen LogP contribution >= 0.6 is 0 Å². The Morgan fingerprint density at radius 1 is 1.47 bits per heavy atom. The zero-order valence-corrected chi connectivity index (χ0v) is 9.53. The van der Waals surface area contributed by atoms with Crippen molar-refractivity contribution in [1.29, 1.82) is 0 Å². The number of hydrogen-bond acceptors (Lipinski definition) is 3. The van der Waals surface area contributed by atoms with Crippen molar-refractivity contribution in [1.82, 2.24) is 10.2 Å². The monoisotopic (exact) mass is 212 g/mol. The average molecular weight is 212 g/mol. The number of carbonyl (C=O) groups excluding carboxylic acids is 1. The van der Waals surface area contributed by atoms with Crippen molar-refractivity contribution >= 4 is 6.09 Å². The van der Waals surface area contributed by atoms with Crippen molar-refractivity contribution in [3.05, 3.63) is 0 Å². The van der Waals surface area contributed by atoms with Crippen LogP contribution in [0.2, 0.25) is 0 Å². The van der Waals surface area contributed by atoms with Crippen LogP contribution < -0.4 is 5.32 Å². The van der Waals surface area contributed by atoms with Crippen LogP contribution in [0.5, 0.6) is 0 Å². The normalized spacial score (nSPS) is 30.5. The van der Waals surface area contributed by atoms with Crippen molar-refractivity contribution in [3.8, 4) is 0 Å². The summed E-state index contributed by atoms with van der Waals surface area (Å²) in [5.41, 5.74) is 0. The van der Waals surface area contributed by atoms with Crippen LogP contribution in [-0.2, 0) is 4.74 Å². The van der Waals surface area contributed by atoms with Gasteiger partial charge in [0.25, 0.3) is 0 Å². The van der Waals surface area contributed by atoms with Crippen LogP contribution in [0.25, 0.3) is 0 Å². The highest BCUT2D eigenvalue weighted by molar-refractivity contribution is 5.68. The molecule has 2 aliphatic heterocycles. The number of rotatable bonds is 1. The lowest BCUT2D eigenvalue weighted by atomic mass is 9.94. The first-order chi connectivity index (χ1) is 7.16. The van der Waals surface area contributed by atoms with E-state index in [4.69, 9.17) is 4.74 Å². The fourth-order valence-electron chi connectivity index (χ4n) is 2.47. The first-order valence-electron chi connectivity index (χ1n) is 5.86. The fraction of sp³-hybridized carbons (Fsp3) is 0.909. The molecule has 0 bridgehead atoms. The lowest BCUT2D eigenvalue weighted by Crippen LogP contribution is -2.41. The predicted molar refractivity (Wildman–Crippen MR) is 57.7 cm³/mol. The van der Waals surface area contributed by atoms with Gasteiger partial charge in [0.05, 0.1) is 6.10 Å². The van der Waals surface area contributed by atoms with Crippen molar-refractivity contribution < 1.29 is 9.53 Å². The zero-order chi connectivity index (χ0) is 10.8. The van der Waals surface area contributed by atoms with Gasteiger partial charge in [0.15, 0.2) is 0 Å². The summed E-state index contributed by atoms with van der Waals surface area (Å²) in [5.74, 6) is 0.637. The van der Waals surface area contributed by atoms with Crippen LogP contribution in [0.4, 0.5) is 4.79 Å². The number of likely N-dealkylation sites (tertiary alicyclic amines) is 1. The van der Waals surface area contributed by atoms with E-state index in [-0.39, 0.29) is 12.2 Å². The lowest BCUT2D eigenvalue weighted by molar-refractivity contribution is 0.0823. The topological polar surface area (TPSA) is 41.6 Å². The maximum atomic E-state index is 11.7. The van der Waals surface area contributed by atoms with Crippen molar-refractivity contribution in [2.75, 3.05) is 19.6 Å². The number of ether oxygens (including phenoxy) is 1. The number of hydrogen-bond donors (Lipinski definition) is 1. The van der Waals surface area contributed by atoms with Gasteiger partial charge in [-0.05, 0) is 39.2 Å². The summed E-state index contributed by atoms with van der Waals surface area (Å²) in [6.07, 6.45) is 2.30. The molecule has 4 nitrogen and oxygen atoms in total. The Morgan fingerprint density at radius 2 is 2.27 bits per heavy atom. The van der Waals surface area contributed by atoms with Gasteiger partial charge in [0.1, 0.15) is 0 Å². The maximum Gasteiger partial charge on any atom is 0.410 e. The largest absolute Gasteiger partial charge is 0.447 e. The van der Waals surface area contributed by atoms with Crippen LogP contribution in [0.3, 0.4) is 0 Å². The second-order valence-electron chi connectivity index (χ2n) is 4.80. The molecule has 2 rings (SSSR count). The Morgan fingerprint density at radius 3 is 2.93 bits per heavy atom. The molecule has 0 spiro atoms. The summed E-state index contributed by atoms with van der Waals surface area (Å²) in [7, 11) is 0. The highest BCUT2D eigenvalue weighted by atomic mass is 16.6. The fourth-order valence-corrected chi connectivity index (χ4v) is 2.47. The number of amides is 1. The van der Waals surface area contributed by atoms with Gasteiger partial charge in [-0.25, -0.2) is 4.79 Å². The molecule has 2 aliphatic rings. The van der Waals surface area contributed by atoms with E-state index in [9.17, 15) is 4.79 Å². The van der Waals surface area contributed by atoms with Crippen molar-refractivity contribution in [2.45, 2.75) is 38.8 Å². The summed E-state index contributed by atoms with van der Waals surface area (Å²) in [4.78, 5) is 13.5. The van der Waals surface area contributed by atoms with E-state index in [0.717, 1.165) is 19.6 Å². The Hall–Kier alpha value is -0.770. The number of nitrogens with one attached hydrogen (secondary N) is 1. The van der Waals surface area contributed by atoms with E-state index in [0.29, 0.717) is 12.0 Å². The van der Waals surface area contributed by atoms with Gasteiger partial charge >= 0.3 is 6.09 Å². The highest BCUT2D eigenvalue weighted by Gasteiger charge is 2.37. The second-order valence-corrected chi connectivity index (χ2v) is 4.80. The van der Waals surface area contributed by atoms with Gasteiger partial charge in [0, 0.05) is 19.1 Å². The molecule has 2 atom stereocenters. The van der Waals surface area contributed by atoms with E-state index in [1.54, 1.807) is 0 Å². The van der Waals surface area contributed by atoms with Crippen LogP contribution in [0.1, 0.15) is 26.7 Å². The third-order valence-corrected chi connectivity index (χ3v) is 3.19.